The molecule has 1 aromatic rings. The molecule has 3 fully saturated rings. The molecule has 3 aliphatic rings. The van der Waals surface area contributed by atoms with Gasteiger partial charge in [0.15, 0.2) is 0 Å². The topological polar surface area (TPSA) is 161 Å². The lowest BCUT2D eigenvalue weighted by atomic mass is 9.83. The number of pyridine rings is 1. The van der Waals surface area contributed by atoms with Gasteiger partial charge in [-0.3, -0.25) is 9.59 Å². The minimum absolute atomic E-state index is 0.0813. The number of carbonyl (C=O) groups is 2. The quantitative estimate of drug-likeness (QED) is 0.288. The van der Waals surface area contributed by atoms with Crippen LogP contribution >= 0.6 is 11.8 Å². The molecule has 2 amide bonds. The van der Waals surface area contributed by atoms with Gasteiger partial charge in [-0.05, 0) is 25.5 Å². The summed E-state index contributed by atoms with van der Waals surface area (Å²) in [5.41, 5.74) is -6.67. The van der Waals surface area contributed by atoms with Crippen molar-refractivity contribution >= 4 is 23.6 Å². The van der Waals surface area contributed by atoms with Crippen molar-refractivity contribution in [1.82, 2.24) is 15.6 Å². The van der Waals surface area contributed by atoms with Gasteiger partial charge in [-0.15, -0.1) is 11.8 Å². The number of ether oxygens (including phenoxy) is 1. The molecule has 11 heteroatoms. The zero-order chi connectivity index (χ0) is 20.6. The maximum Gasteiger partial charge on any atom is 0.278 e. The van der Waals surface area contributed by atoms with Crippen LogP contribution in [0, 0.1) is 5.92 Å². The van der Waals surface area contributed by atoms with E-state index in [4.69, 9.17) is 4.74 Å². The van der Waals surface area contributed by atoms with Crippen molar-refractivity contribution in [2.75, 3.05) is 19.0 Å². The van der Waals surface area contributed by atoms with Crippen molar-refractivity contribution in [2.45, 2.75) is 41.5 Å². The van der Waals surface area contributed by atoms with Gasteiger partial charge >= 0.3 is 0 Å². The Labute approximate surface area is 165 Å². The lowest BCUT2D eigenvalue weighted by molar-refractivity contribution is -0.240. The summed E-state index contributed by atoms with van der Waals surface area (Å²) in [4.78, 5) is 29.6. The summed E-state index contributed by atoms with van der Waals surface area (Å²) in [5, 5.41) is 46.0. The van der Waals surface area contributed by atoms with Crippen LogP contribution < -0.4 is 10.6 Å². The number of rotatable bonds is 6. The molecule has 28 heavy (non-hydrogen) atoms. The molecular formula is C17H23N3O7S. The molecule has 154 valence electrons. The molecule has 3 saturated heterocycles. The minimum Gasteiger partial charge on any atom is -0.393 e. The average molecular weight is 413 g/mol. The van der Waals surface area contributed by atoms with E-state index in [2.05, 4.69) is 15.6 Å². The molecule has 0 radical (unpaired) electrons. The van der Waals surface area contributed by atoms with Gasteiger partial charge in [0.05, 0.1) is 18.2 Å². The number of hydrogen-bond donors (Lipinski definition) is 6. The van der Waals surface area contributed by atoms with Crippen LogP contribution in [0.4, 0.5) is 0 Å². The third-order valence-corrected chi connectivity index (χ3v) is 6.14. The Morgan fingerprint density at radius 2 is 2.14 bits per heavy atom. The summed E-state index contributed by atoms with van der Waals surface area (Å²) in [6.07, 6.45) is -0.159. The number of aliphatic hydroxyl groups is 4. The Morgan fingerprint density at radius 1 is 1.39 bits per heavy atom. The van der Waals surface area contributed by atoms with Crippen LogP contribution in [0.3, 0.4) is 0 Å². The highest BCUT2D eigenvalue weighted by molar-refractivity contribution is 7.99. The van der Waals surface area contributed by atoms with Crippen molar-refractivity contribution in [1.29, 1.82) is 0 Å². The molecule has 4 rings (SSSR count). The lowest BCUT2D eigenvalue weighted by Crippen LogP contribution is -2.83. The summed E-state index contributed by atoms with van der Waals surface area (Å²) in [5.74, 6) is -2.40. The third-order valence-electron chi connectivity index (χ3n) is 5.04. The Balaban J connectivity index is 1.84. The maximum atomic E-state index is 12.7. The molecule has 0 aliphatic carbocycles. The Kier molecular flexibility index (Phi) is 5.67. The molecule has 3 aliphatic heterocycles. The zero-order valence-electron chi connectivity index (χ0n) is 15.2. The normalized spacial score (nSPS) is 33.2. The maximum absolute atomic E-state index is 12.7. The highest BCUT2D eigenvalue weighted by Crippen LogP contribution is 2.36. The first-order valence-corrected chi connectivity index (χ1v) is 9.71. The first kappa shape index (κ1) is 21.0. The number of aromatic nitrogens is 1. The number of hydrogen-bond acceptors (Lipinski definition) is 9. The van der Waals surface area contributed by atoms with E-state index in [9.17, 15) is 30.0 Å². The molecule has 1 unspecified atom stereocenters. The number of nitrogens with one attached hydrogen (secondary N) is 2. The molecule has 2 bridgehead atoms. The second-order valence-electron chi connectivity index (χ2n) is 7.14. The van der Waals surface area contributed by atoms with Crippen LogP contribution in [0.1, 0.15) is 13.3 Å². The molecule has 0 saturated carbocycles. The van der Waals surface area contributed by atoms with E-state index in [0.717, 1.165) is 6.92 Å². The molecule has 1 aromatic heterocycles. The predicted molar refractivity (Wildman–Crippen MR) is 96.7 cm³/mol. The number of nitrogens with zero attached hydrogens (tertiary/aromatic N) is 1. The number of thioether (sulfide) groups is 1. The lowest BCUT2D eigenvalue weighted by Gasteiger charge is -2.51. The van der Waals surface area contributed by atoms with Crippen molar-refractivity contribution < 1.29 is 34.8 Å². The van der Waals surface area contributed by atoms with Gasteiger partial charge in [0.2, 0.25) is 5.72 Å². The number of amides is 2. The van der Waals surface area contributed by atoms with E-state index in [-0.39, 0.29) is 18.8 Å². The van der Waals surface area contributed by atoms with E-state index < -0.39 is 47.5 Å². The van der Waals surface area contributed by atoms with E-state index in [1.165, 1.54) is 11.8 Å². The fraction of sp³-hybridized carbons (Fsp3) is 0.588. The first-order chi connectivity index (χ1) is 13.2. The monoisotopic (exact) mass is 413 g/mol. The number of piperazine rings is 1. The molecule has 10 nitrogen and oxygen atoms in total. The second kappa shape index (κ2) is 7.58. The highest BCUT2D eigenvalue weighted by Gasteiger charge is 2.64. The van der Waals surface area contributed by atoms with Crippen LogP contribution in [0.25, 0.3) is 0 Å². The van der Waals surface area contributed by atoms with E-state index in [1.54, 1.807) is 18.3 Å². The van der Waals surface area contributed by atoms with Gasteiger partial charge in [-0.1, -0.05) is 6.07 Å². The summed E-state index contributed by atoms with van der Waals surface area (Å²) >= 11 is 1.31. The van der Waals surface area contributed by atoms with Gasteiger partial charge in [0.1, 0.15) is 11.7 Å². The van der Waals surface area contributed by atoms with Gasteiger partial charge in [-0.2, -0.15) is 0 Å². The molecule has 0 spiro atoms. The van der Waals surface area contributed by atoms with Crippen LogP contribution in [0.15, 0.2) is 29.4 Å². The van der Waals surface area contributed by atoms with Gasteiger partial charge < -0.3 is 35.8 Å². The van der Waals surface area contributed by atoms with E-state index in [0.29, 0.717) is 5.03 Å². The molecule has 0 aromatic carbocycles. The SMILES string of the molecule is C[C@@](O)(CO)[C@H](O)[C@@]12NC(=O)[C@@](O)(NC1=O)C(CSc1ccccn1)CCO2. The standard InChI is InChI=1S/C17H23N3O7S/c1-15(25,9-21)12(22)17-14(24)19-16(26,13(23)20-17)10(5-7-27-17)8-28-11-4-2-3-6-18-11/h2-4,6,10,12,21-22,25-26H,5,7-9H2,1H3,(H,19,24)(H,20,23)/t10?,12-,15+,16+,17-/m0/s1. The Morgan fingerprint density at radius 3 is 2.79 bits per heavy atom. The summed E-state index contributed by atoms with van der Waals surface area (Å²) < 4.78 is 5.52. The predicted octanol–water partition coefficient (Wildman–Crippen LogP) is -2.05. The second-order valence-corrected chi connectivity index (χ2v) is 8.18. The number of fused-ring (bicyclic) bond motifs is 5. The van der Waals surface area contributed by atoms with Crippen LogP contribution in [0.5, 0.6) is 0 Å². The fourth-order valence-electron chi connectivity index (χ4n) is 3.22. The van der Waals surface area contributed by atoms with Crippen molar-refractivity contribution in [2.24, 2.45) is 5.92 Å². The first-order valence-electron chi connectivity index (χ1n) is 8.72. The van der Waals surface area contributed by atoms with Crippen LogP contribution in [-0.2, 0) is 14.3 Å². The molecule has 5 atom stereocenters. The molecular weight excluding hydrogens is 390 g/mol. The van der Waals surface area contributed by atoms with Crippen molar-refractivity contribution in [3.8, 4) is 0 Å². The van der Waals surface area contributed by atoms with Crippen molar-refractivity contribution in [3.05, 3.63) is 24.4 Å². The number of carbonyl (C=O) groups excluding carboxylic acids is 2. The van der Waals surface area contributed by atoms with Gasteiger partial charge in [0, 0.05) is 17.9 Å². The van der Waals surface area contributed by atoms with Gasteiger partial charge in [0.25, 0.3) is 17.5 Å². The minimum atomic E-state index is -2.32. The average Bonchev–Trinajstić information content (AvgIpc) is 2.67. The Hall–Kier alpha value is -1.76. The highest BCUT2D eigenvalue weighted by atomic mass is 32.2. The molecule has 4 heterocycles. The van der Waals surface area contributed by atoms with E-state index in [1.807, 2.05) is 6.07 Å². The van der Waals surface area contributed by atoms with E-state index >= 15 is 0 Å². The fourth-order valence-corrected chi connectivity index (χ4v) is 4.31. The van der Waals surface area contributed by atoms with Crippen LogP contribution in [-0.4, -0.2) is 79.3 Å². The summed E-state index contributed by atoms with van der Waals surface area (Å²) in [6, 6.07) is 5.36. The third kappa shape index (κ3) is 3.49. The number of aliphatic hydroxyl groups excluding tert-OH is 2. The van der Waals surface area contributed by atoms with Crippen LogP contribution in [0.2, 0.25) is 0 Å². The molecule has 6 N–H and O–H groups in total. The van der Waals surface area contributed by atoms with Gasteiger partial charge in [-0.25, -0.2) is 4.98 Å². The smallest absolute Gasteiger partial charge is 0.278 e. The Bertz CT molecular complexity index is 750. The summed E-state index contributed by atoms with van der Waals surface area (Å²) in [7, 11) is 0. The largest absolute Gasteiger partial charge is 0.393 e. The van der Waals surface area contributed by atoms with Crippen molar-refractivity contribution in [3.63, 3.8) is 0 Å². The summed E-state index contributed by atoms with van der Waals surface area (Å²) in [6.45, 7) is 0.138. The zero-order valence-corrected chi connectivity index (χ0v) is 16.0.